The van der Waals surface area contributed by atoms with Gasteiger partial charge >= 0.3 is 0 Å². The van der Waals surface area contributed by atoms with E-state index in [0.29, 0.717) is 12.1 Å². The number of hydrogen-bond donors (Lipinski definition) is 1. The monoisotopic (exact) mass is 177 g/mol. The van der Waals surface area contributed by atoms with E-state index >= 15 is 0 Å². The summed E-state index contributed by atoms with van der Waals surface area (Å²) in [4.78, 5) is 4.13. The Morgan fingerprint density at radius 3 is 2.85 bits per heavy atom. The quantitative estimate of drug-likeness (QED) is 0.696. The zero-order valence-electron chi connectivity index (χ0n) is 7.48. The first-order chi connectivity index (χ1) is 6.31. The number of aliphatic hydroxyl groups is 1. The van der Waals surface area contributed by atoms with Crippen LogP contribution in [0.3, 0.4) is 0 Å². The largest absolute Gasteiger partial charge is 0.369 e. The second-order valence-corrected chi connectivity index (χ2v) is 3.37. The maximum absolute atomic E-state index is 10.1. The number of aromatic nitrogens is 1. The standard InChI is InChI=1S/C10H13N2O/c13-10(6-2-4-8-12-10)9-5-1-3-7-11-9/h1,3,5,7,13H,2,4,6,8H2. The van der Waals surface area contributed by atoms with Gasteiger partial charge in [0.05, 0.1) is 5.69 Å². The lowest BCUT2D eigenvalue weighted by molar-refractivity contribution is -0.0320. The van der Waals surface area contributed by atoms with Crippen molar-refractivity contribution in [3.05, 3.63) is 30.1 Å². The first-order valence-corrected chi connectivity index (χ1v) is 4.64. The van der Waals surface area contributed by atoms with E-state index in [9.17, 15) is 5.11 Å². The predicted octanol–water partition coefficient (Wildman–Crippen LogP) is 1.01. The highest BCUT2D eigenvalue weighted by atomic mass is 16.3. The van der Waals surface area contributed by atoms with Gasteiger partial charge in [-0.1, -0.05) is 6.07 Å². The molecule has 0 spiro atoms. The molecule has 1 saturated heterocycles. The molecule has 1 aliphatic heterocycles. The normalized spacial score (nSPS) is 28.7. The molecule has 2 heterocycles. The van der Waals surface area contributed by atoms with Crippen molar-refractivity contribution in [3.63, 3.8) is 0 Å². The molecule has 1 aliphatic rings. The molecule has 0 amide bonds. The lowest BCUT2D eigenvalue weighted by Gasteiger charge is -2.30. The van der Waals surface area contributed by atoms with Crippen molar-refractivity contribution in [2.45, 2.75) is 25.0 Å². The summed E-state index contributed by atoms with van der Waals surface area (Å²) >= 11 is 0. The summed E-state index contributed by atoms with van der Waals surface area (Å²) in [6, 6.07) is 5.55. The Balaban J connectivity index is 2.23. The van der Waals surface area contributed by atoms with Crippen LogP contribution in [0.4, 0.5) is 0 Å². The Morgan fingerprint density at radius 1 is 1.31 bits per heavy atom. The summed E-state index contributed by atoms with van der Waals surface area (Å²) in [7, 11) is 0. The molecule has 1 fully saturated rings. The van der Waals surface area contributed by atoms with E-state index in [1.165, 1.54) is 0 Å². The van der Waals surface area contributed by atoms with Crippen LogP contribution in [0.5, 0.6) is 0 Å². The highest BCUT2D eigenvalue weighted by molar-refractivity contribution is 5.12. The lowest BCUT2D eigenvalue weighted by atomic mass is 9.97. The van der Waals surface area contributed by atoms with Crippen LogP contribution in [0.15, 0.2) is 24.4 Å². The first-order valence-electron chi connectivity index (χ1n) is 4.64. The Hall–Kier alpha value is -0.930. The number of pyridine rings is 1. The van der Waals surface area contributed by atoms with Crippen molar-refractivity contribution in [2.75, 3.05) is 6.54 Å². The van der Waals surface area contributed by atoms with Gasteiger partial charge in [0.2, 0.25) is 0 Å². The Morgan fingerprint density at radius 2 is 2.23 bits per heavy atom. The molecule has 1 unspecified atom stereocenters. The third-order valence-electron chi connectivity index (χ3n) is 2.38. The van der Waals surface area contributed by atoms with Gasteiger partial charge < -0.3 is 5.11 Å². The van der Waals surface area contributed by atoms with Crippen LogP contribution in [0.1, 0.15) is 25.0 Å². The van der Waals surface area contributed by atoms with Crippen molar-refractivity contribution in [3.8, 4) is 0 Å². The minimum atomic E-state index is -1.01. The summed E-state index contributed by atoms with van der Waals surface area (Å²) in [5.74, 6) is 0. The topological polar surface area (TPSA) is 47.2 Å². The molecule has 69 valence electrons. The SMILES string of the molecule is OC1(c2ccccn2)CCCC[N]1. The van der Waals surface area contributed by atoms with Crippen molar-refractivity contribution in [1.82, 2.24) is 10.3 Å². The van der Waals surface area contributed by atoms with Crippen LogP contribution < -0.4 is 5.32 Å². The van der Waals surface area contributed by atoms with Crippen LogP contribution in [-0.4, -0.2) is 16.6 Å². The number of piperidine rings is 1. The van der Waals surface area contributed by atoms with E-state index in [2.05, 4.69) is 10.3 Å². The zero-order chi connectivity index (χ0) is 9.15. The molecule has 1 radical (unpaired) electrons. The van der Waals surface area contributed by atoms with Crippen molar-refractivity contribution in [1.29, 1.82) is 0 Å². The smallest absolute Gasteiger partial charge is 0.174 e. The number of nitrogens with zero attached hydrogens (tertiary/aromatic N) is 2. The minimum absolute atomic E-state index is 0.676. The summed E-state index contributed by atoms with van der Waals surface area (Å²) in [5.41, 5.74) is -0.339. The maximum atomic E-state index is 10.1. The summed E-state index contributed by atoms with van der Waals surface area (Å²) in [5, 5.41) is 14.3. The summed E-state index contributed by atoms with van der Waals surface area (Å²) < 4.78 is 0. The Kier molecular flexibility index (Phi) is 2.29. The fourth-order valence-electron chi connectivity index (χ4n) is 1.64. The molecule has 13 heavy (non-hydrogen) atoms. The van der Waals surface area contributed by atoms with Gasteiger partial charge in [-0.15, -0.1) is 0 Å². The average molecular weight is 177 g/mol. The molecule has 0 aliphatic carbocycles. The second-order valence-electron chi connectivity index (χ2n) is 3.37. The van der Waals surface area contributed by atoms with Gasteiger partial charge in [-0.2, -0.15) is 0 Å². The molecule has 3 heteroatoms. The molecule has 3 nitrogen and oxygen atoms in total. The first kappa shape index (κ1) is 8.66. The van der Waals surface area contributed by atoms with Crippen molar-refractivity contribution in [2.24, 2.45) is 0 Å². The van der Waals surface area contributed by atoms with Crippen LogP contribution in [-0.2, 0) is 5.72 Å². The molecule has 0 aromatic carbocycles. The Labute approximate surface area is 77.8 Å². The van der Waals surface area contributed by atoms with Crippen molar-refractivity contribution >= 4 is 0 Å². The van der Waals surface area contributed by atoms with E-state index in [0.717, 1.165) is 19.4 Å². The zero-order valence-corrected chi connectivity index (χ0v) is 7.48. The Bertz CT molecular complexity index is 268. The maximum Gasteiger partial charge on any atom is 0.174 e. The van der Waals surface area contributed by atoms with Crippen LogP contribution in [0.2, 0.25) is 0 Å². The molecular formula is C10H13N2O. The van der Waals surface area contributed by atoms with Gasteiger partial charge in [0.15, 0.2) is 5.72 Å². The van der Waals surface area contributed by atoms with Gasteiger partial charge in [-0.25, -0.2) is 5.32 Å². The fraction of sp³-hybridized carbons (Fsp3) is 0.500. The highest BCUT2D eigenvalue weighted by Gasteiger charge is 2.33. The van der Waals surface area contributed by atoms with Crippen LogP contribution >= 0.6 is 0 Å². The fourth-order valence-corrected chi connectivity index (χ4v) is 1.64. The van der Waals surface area contributed by atoms with Crippen LogP contribution in [0, 0.1) is 0 Å². The van der Waals surface area contributed by atoms with Gasteiger partial charge in [0.1, 0.15) is 0 Å². The molecule has 2 rings (SSSR count). The highest BCUT2D eigenvalue weighted by Crippen LogP contribution is 2.26. The molecule has 1 atom stereocenters. The molecule has 0 bridgehead atoms. The van der Waals surface area contributed by atoms with Gasteiger partial charge in [-0.05, 0) is 31.4 Å². The molecular weight excluding hydrogens is 164 g/mol. The number of rotatable bonds is 1. The molecule has 1 aromatic heterocycles. The third kappa shape index (κ3) is 1.71. The lowest BCUT2D eigenvalue weighted by Crippen LogP contribution is -2.41. The number of hydrogen-bond acceptors (Lipinski definition) is 2. The second kappa shape index (κ2) is 3.44. The van der Waals surface area contributed by atoms with Gasteiger partial charge in [0.25, 0.3) is 0 Å². The molecule has 0 saturated carbocycles. The van der Waals surface area contributed by atoms with E-state index in [4.69, 9.17) is 0 Å². The third-order valence-corrected chi connectivity index (χ3v) is 2.38. The average Bonchev–Trinajstić information content (AvgIpc) is 2.20. The summed E-state index contributed by atoms with van der Waals surface area (Å²) in [6.07, 6.45) is 4.49. The van der Waals surface area contributed by atoms with E-state index in [-0.39, 0.29) is 0 Å². The van der Waals surface area contributed by atoms with E-state index in [1.54, 1.807) is 6.20 Å². The van der Waals surface area contributed by atoms with E-state index < -0.39 is 5.72 Å². The predicted molar refractivity (Wildman–Crippen MR) is 49.0 cm³/mol. The van der Waals surface area contributed by atoms with Crippen molar-refractivity contribution < 1.29 is 5.11 Å². The van der Waals surface area contributed by atoms with Crippen LogP contribution in [0.25, 0.3) is 0 Å². The summed E-state index contributed by atoms with van der Waals surface area (Å²) in [6.45, 7) is 0.743. The minimum Gasteiger partial charge on any atom is -0.369 e. The van der Waals surface area contributed by atoms with Gasteiger partial charge in [0, 0.05) is 12.7 Å². The molecule has 1 N–H and O–H groups in total. The van der Waals surface area contributed by atoms with E-state index in [1.807, 2.05) is 18.2 Å². The molecule has 1 aromatic rings. The van der Waals surface area contributed by atoms with Gasteiger partial charge in [-0.3, -0.25) is 4.98 Å².